The molecule has 0 aromatic carbocycles. The van der Waals surface area contributed by atoms with E-state index in [1.807, 2.05) is 0 Å². The van der Waals surface area contributed by atoms with Gasteiger partial charge in [0.15, 0.2) is 0 Å². The van der Waals surface area contributed by atoms with E-state index in [0.717, 1.165) is 0 Å². The van der Waals surface area contributed by atoms with Gasteiger partial charge in [-0.25, -0.2) is 0 Å². The summed E-state index contributed by atoms with van der Waals surface area (Å²) in [7, 11) is 0. The quantitative estimate of drug-likeness (QED) is 0.470. The molecule has 0 amide bonds. The largest absolute Gasteiger partial charge is 0.198 e. The lowest BCUT2D eigenvalue weighted by atomic mass is 10.4. The van der Waals surface area contributed by atoms with E-state index < -0.39 is 12.8 Å². The number of hydrogen-bond donors (Lipinski definition) is 0. The third-order valence-electron chi connectivity index (χ3n) is 0.232. The van der Waals surface area contributed by atoms with Crippen LogP contribution in [0, 0.1) is 22.7 Å². The highest BCUT2D eigenvalue weighted by Crippen LogP contribution is 1.78. The van der Waals surface area contributed by atoms with Crippen molar-refractivity contribution in [3.63, 3.8) is 0 Å². The standard InChI is InChI=1S/C4H4N2/c5-3-1-2-4-6/h1-2H2/i1D,2D/t1-,2-/m0/s1. The normalized spacial score (nSPS) is 21.0. The highest BCUT2D eigenvalue weighted by molar-refractivity contribution is 4.78. The molecule has 0 aliphatic rings. The molecule has 0 fully saturated rings. The molecule has 0 N–H and O–H groups in total. The molecule has 0 aliphatic carbocycles. The Morgan fingerprint density at radius 3 is 1.83 bits per heavy atom. The third-order valence-corrected chi connectivity index (χ3v) is 0.232. The average Bonchev–Trinajstić information content (AvgIpc) is 1.84. The second-order valence-corrected chi connectivity index (χ2v) is 0.592. The van der Waals surface area contributed by atoms with Gasteiger partial charge >= 0.3 is 0 Å². The van der Waals surface area contributed by atoms with Gasteiger partial charge in [0.05, 0.1) is 12.1 Å². The number of nitriles is 2. The fourth-order valence-electron chi connectivity index (χ4n) is 0.0745. The van der Waals surface area contributed by atoms with Crippen LogP contribution in [0.15, 0.2) is 0 Å². The molecular formula is C4H4N2. The summed E-state index contributed by atoms with van der Waals surface area (Å²) in [5.74, 6) is 0. The lowest BCUT2D eigenvalue weighted by Gasteiger charge is -1.63. The van der Waals surface area contributed by atoms with Crippen molar-refractivity contribution in [3.8, 4) is 12.1 Å². The van der Waals surface area contributed by atoms with Gasteiger partial charge in [0.25, 0.3) is 0 Å². The molecule has 0 saturated carbocycles. The Morgan fingerprint density at radius 1 is 1.33 bits per heavy atom. The molecule has 2 heteroatoms. The monoisotopic (exact) mass is 82.1 g/mol. The van der Waals surface area contributed by atoms with Crippen molar-refractivity contribution in [3.05, 3.63) is 0 Å². The summed E-state index contributed by atoms with van der Waals surface area (Å²) in [5, 5.41) is 15.9. The zero-order valence-corrected chi connectivity index (χ0v) is 3.05. The van der Waals surface area contributed by atoms with Crippen molar-refractivity contribution < 1.29 is 2.74 Å². The van der Waals surface area contributed by atoms with Crippen LogP contribution in [0.2, 0.25) is 0 Å². The maximum Gasteiger partial charge on any atom is 0.0632 e. The van der Waals surface area contributed by atoms with Crippen molar-refractivity contribution in [1.82, 2.24) is 0 Å². The smallest absolute Gasteiger partial charge is 0.0632 e. The van der Waals surface area contributed by atoms with Crippen molar-refractivity contribution in [2.45, 2.75) is 12.8 Å². The molecule has 2 atom stereocenters. The fourth-order valence-corrected chi connectivity index (χ4v) is 0.0745. The van der Waals surface area contributed by atoms with E-state index in [9.17, 15) is 0 Å². The van der Waals surface area contributed by atoms with E-state index in [-0.39, 0.29) is 0 Å². The first-order valence-corrected chi connectivity index (χ1v) is 1.36. The summed E-state index contributed by atoms with van der Waals surface area (Å²) in [4.78, 5) is 0. The Hall–Kier alpha value is -1.02. The van der Waals surface area contributed by atoms with E-state index in [4.69, 9.17) is 13.3 Å². The third kappa shape index (κ3) is 2.98. The maximum atomic E-state index is 7.93. The van der Waals surface area contributed by atoms with Crippen LogP contribution in [0.4, 0.5) is 0 Å². The van der Waals surface area contributed by atoms with Gasteiger partial charge in [-0.05, 0) is 0 Å². The fraction of sp³-hybridized carbons (Fsp3) is 0.500. The van der Waals surface area contributed by atoms with Crippen molar-refractivity contribution in [2.24, 2.45) is 0 Å². The van der Waals surface area contributed by atoms with Gasteiger partial charge in [0.1, 0.15) is 0 Å². The molecule has 2 nitrogen and oxygen atoms in total. The minimum absolute atomic E-state index is 1.22. The van der Waals surface area contributed by atoms with Crippen LogP contribution >= 0.6 is 0 Å². The minimum atomic E-state index is -1.22. The molecule has 0 aliphatic heterocycles. The Labute approximate surface area is 39.4 Å². The molecule has 0 rings (SSSR count). The van der Waals surface area contributed by atoms with Gasteiger partial charge < -0.3 is 0 Å². The highest BCUT2D eigenvalue weighted by atomic mass is 14.2. The average molecular weight is 82.1 g/mol. The first-order chi connectivity index (χ1) is 3.72. The zero-order chi connectivity index (χ0) is 6.57. The van der Waals surface area contributed by atoms with Crippen LogP contribution in [-0.4, -0.2) is 0 Å². The summed E-state index contributed by atoms with van der Waals surface area (Å²) in [6.07, 6.45) is -2.44. The first-order valence-electron chi connectivity index (χ1n) is 2.51. The molecule has 0 heterocycles. The second-order valence-electron chi connectivity index (χ2n) is 0.592. The van der Waals surface area contributed by atoms with E-state index in [2.05, 4.69) is 0 Å². The molecule has 0 saturated heterocycles. The van der Waals surface area contributed by atoms with Gasteiger partial charge in [0, 0.05) is 15.5 Å². The summed E-state index contributed by atoms with van der Waals surface area (Å²) in [6.45, 7) is 0. The highest BCUT2D eigenvalue weighted by Gasteiger charge is 1.72. The maximum absolute atomic E-state index is 7.93. The van der Waals surface area contributed by atoms with Crippen molar-refractivity contribution >= 4 is 0 Å². The van der Waals surface area contributed by atoms with E-state index in [0.29, 0.717) is 0 Å². The van der Waals surface area contributed by atoms with E-state index in [1.165, 1.54) is 12.1 Å². The van der Waals surface area contributed by atoms with Crippen molar-refractivity contribution in [1.29, 1.82) is 10.5 Å². The number of nitrogens with zero attached hydrogens (tertiary/aromatic N) is 2. The summed E-state index contributed by atoms with van der Waals surface area (Å²) in [5.41, 5.74) is 0. The molecule has 6 heavy (non-hydrogen) atoms. The van der Waals surface area contributed by atoms with E-state index >= 15 is 0 Å². The molecular weight excluding hydrogens is 76.1 g/mol. The van der Waals surface area contributed by atoms with Gasteiger partial charge in [-0.15, -0.1) is 0 Å². The van der Waals surface area contributed by atoms with Crippen LogP contribution in [0.3, 0.4) is 0 Å². The first kappa shape index (κ1) is 2.21. The summed E-state index contributed by atoms with van der Waals surface area (Å²) in [6, 6.07) is 2.94. The Balaban J connectivity index is 3.72. The van der Waals surface area contributed by atoms with Gasteiger partial charge in [-0.3, -0.25) is 0 Å². The van der Waals surface area contributed by atoms with Crippen LogP contribution in [0.1, 0.15) is 15.5 Å². The Morgan fingerprint density at radius 2 is 1.67 bits per heavy atom. The van der Waals surface area contributed by atoms with Gasteiger partial charge in [-0.2, -0.15) is 10.5 Å². The molecule has 0 unspecified atom stereocenters. The zero-order valence-electron chi connectivity index (χ0n) is 5.05. The Kier molecular flexibility index (Phi) is 1.46. The van der Waals surface area contributed by atoms with Crippen LogP contribution in [0.5, 0.6) is 0 Å². The lowest BCUT2D eigenvalue weighted by Crippen LogP contribution is -1.58. The summed E-state index contributed by atoms with van der Waals surface area (Å²) >= 11 is 0. The lowest BCUT2D eigenvalue weighted by molar-refractivity contribution is 1.07. The molecule has 0 spiro atoms. The second kappa shape index (κ2) is 3.98. The minimum Gasteiger partial charge on any atom is -0.198 e. The van der Waals surface area contributed by atoms with Crippen LogP contribution < -0.4 is 0 Å². The topological polar surface area (TPSA) is 47.6 Å². The van der Waals surface area contributed by atoms with Crippen molar-refractivity contribution in [2.75, 3.05) is 0 Å². The van der Waals surface area contributed by atoms with Gasteiger partial charge in [-0.1, -0.05) is 0 Å². The molecule has 30 valence electrons. The molecule has 0 bridgehead atoms. The summed E-state index contributed by atoms with van der Waals surface area (Å²) < 4.78 is 13.3. The molecule has 0 aromatic heterocycles. The number of rotatable bonds is 1. The number of hydrogen-bond acceptors (Lipinski definition) is 2. The van der Waals surface area contributed by atoms with Crippen LogP contribution in [-0.2, 0) is 0 Å². The predicted molar refractivity (Wildman–Crippen MR) is 20.5 cm³/mol. The Bertz CT molecular complexity index is 125. The molecule has 0 aromatic rings. The van der Waals surface area contributed by atoms with Crippen LogP contribution in [0.25, 0.3) is 0 Å². The van der Waals surface area contributed by atoms with E-state index in [1.54, 1.807) is 0 Å². The predicted octanol–water partition coefficient (Wildman–Crippen LogP) is 0.814. The van der Waals surface area contributed by atoms with Gasteiger partial charge in [0.2, 0.25) is 0 Å². The SMILES string of the molecule is [2H][C@H](C#N)[C@H]([2H])C#N. The molecule has 0 radical (unpaired) electrons.